The highest BCUT2D eigenvalue weighted by atomic mass is 32.2. The summed E-state index contributed by atoms with van der Waals surface area (Å²) in [6.07, 6.45) is -3.88. The van der Waals surface area contributed by atoms with Gasteiger partial charge < -0.3 is 5.32 Å². The molecule has 0 saturated carbocycles. The van der Waals surface area contributed by atoms with Gasteiger partial charge in [-0.3, -0.25) is 13.9 Å². The Bertz CT molecular complexity index is 1410. The topological polar surface area (TPSA) is 83.6 Å². The number of nitrogens with zero attached hydrogens (tertiary/aromatic N) is 1. The van der Waals surface area contributed by atoms with Gasteiger partial charge in [-0.1, -0.05) is 63.2 Å². The molecule has 0 aliphatic carbocycles. The summed E-state index contributed by atoms with van der Waals surface area (Å²) in [7, 11) is -4.09. The van der Waals surface area contributed by atoms with Crippen molar-refractivity contribution >= 4 is 33.1 Å². The first-order chi connectivity index (χ1) is 17.1. The molecule has 0 heterocycles. The summed E-state index contributed by atoms with van der Waals surface area (Å²) < 4.78 is 64.5. The Morgan fingerprint density at radius 3 is 2.03 bits per heavy atom. The summed E-state index contributed by atoms with van der Waals surface area (Å²) in [6.45, 7) is 5.43. The summed E-state index contributed by atoms with van der Waals surface area (Å²) >= 11 is 0. The maximum atomic E-state index is 13.1. The average Bonchev–Trinajstić information content (AvgIpc) is 2.80. The Morgan fingerprint density at radius 1 is 0.838 bits per heavy atom. The van der Waals surface area contributed by atoms with E-state index in [1.165, 1.54) is 18.2 Å². The number of carbonyl (C=O) groups excluding carboxylic acids is 2. The second-order valence-corrected chi connectivity index (χ2v) is 11.5. The molecule has 0 saturated heterocycles. The number of benzene rings is 3. The van der Waals surface area contributed by atoms with E-state index >= 15 is 0 Å². The Balaban J connectivity index is 1.79. The number of halogens is 3. The predicted molar refractivity (Wildman–Crippen MR) is 137 cm³/mol. The lowest BCUT2D eigenvalue weighted by Gasteiger charge is -2.23. The maximum Gasteiger partial charge on any atom is 0.416 e. The third kappa shape index (κ3) is 7.19. The van der Waals surface area contributed by atoms with Gasteiger partial charge in [-0.25, -0.2) is 8.42 Å². The summed E-state index contributed by atoms with van der Waals surface area (Å²) in [4.78, 5) is 25.6. The predicted octanol–water partition coefficient (Wildman–Crippen LogP) is 5.64. The number of ketones is 1. The quantitative estimate of drug-likeness (QED) is 0.400. The van der Waals surface area contributed by atoms with E-state index in [-0.39, 0.29) is 22.6 Å². The molecule has 3 aromatic rings. The standard InChI is InChI=1S/C27H27F3N2O4S/c1-26(2,3)20-13-11-18(12-14-20)25(34)19-7-5-9-22(15-19)31-24(33)17-32(37(4,35)36)23-10-6-8-21(16-23)27(28,29)30/h5-16H,17H2,1-4H3,(H,31,33). The molecule has 0 fully saturated rings. The number of hydrogen-bond donors (Lipinski definition) is 1. The molecule has 0 unspecified atom stereocenters. The van der Waals surface area contributed by atoms with Crippen molar-refractivity contribution in [3.8, 4) is 0 Å². The van der Waals surface area contributed by atoms with Gasteiger partial charge in [-0.15, -0.1) is 0 Å². The third-order valence-electron chi connectivity index (χ3n) is 5.57. The minimum atomic E-state index is -4.68. The van der Waals surface area contributed by atoms with Crippen LogP contribution in [0.25, 0.3) is 0 Å². The second kappa shape index (κ2) is 10.4. The molecule has 6 nitrogen and oxygen atoms in total. The van der Waals surface area contributed by atoms with Crippen LogP contribution >= 0.6 is 0 Å². The van der Waals surface area contributed by atoms with Crippen molar-refractivity contribution in [1.82, 2.24) is 0 Å². The van der Waals surface area contributed by atoms with Crippen molar-refractivity contribution in [1.29, 1.82) is 0 Å². The van der Waals surface area contributed by atoms with Crippen LogP contribution in [0, 0.1) is 0 Å². The van der Waals surface area contributed by atoms with E-state index in [0.717, 1.165) is 24.0 Å². The molecule has 3 aromatic carbocycles. The normalized spacial score (nSPS) is 12.2. The zero-order chi connectivity index (χ0) is 27.6. The van der Waals surface area contributed by atoms with Crippen molar-refractivity contribution in [2.24, 2.45) is 0 Å². The van der Waals surface area contributed by atoms with Gasteiger partial charge in [-0.2, -0.15) is 13.2 Å². The Kier molecular flexibility index (Phi) is 7.83. The summed E-state index contributed by atoms with van der Waals surface area (Å²) in [5, 5.41) is 2.52. The number of anilines is 2. The highest BCUT2D eigenvalue weighted by Crippen LogP contribution is 2.32. The van der Waals surface area contributed by atoms with Crippen LogP contribution < -0.4 is 9.62 Å². The van der Waals surface area contributed by atoms with Gasteiger partial charge in [0.1, 0.15) is 6.54 Å². The van der Waals surface area contributed by atoms with Gasteiger partial charge in [0.25, 0.3) is 0 Å². The fourth-order valence-corrected chi connectivity index (χ4v) is 4.44. The van der Waals surface area contributed by atoms with E-state index in [1.807, 2.05) is 12.1 Å². The minimum Gasteiger partial charge on any atom is -0.324 e. The third-order valence-corrected chi connectivity index (χ3v) is 6.71. The highest BCUT2D eigenvalue weighted by molar-refractivity contribution is 7.92. The SMILES string of the molecule is CC(C)(C)c1ccc(C(=O)c2cccc(NC(=O)CN(c3cccc(C(F)(F)F)c3)S(C)(=O)=O)c2)cc1. The smallest absolute Gasteiger partial charge is 0.324 e. The Morgan fingerprint density at radius 2 is 1.46 bits per heavy atom. The molecule has 0 aromatic heterocycles. The first-order valence-corrected chi connectivity index (χ1v) is 13.1. The second-order valence-electron chi connectivity index (χ2n) is 9.60. The van der Waals surface area contributed by atoms with Crippen molar-refractivity contribution < 1.29 is 31.2 Å². The number of rotatable bonds is 7. The first-order valence-electron chi connectivity index (χ1n) is 11.3. The molecular weight excluding hydrogens is 505 g/mol. The molecule has 0 bridgehead atoms. The molecule has 37 heavy (non-hydrogen) atoms. The summed E-state index contributed by atoms with van der Waals surface area (Å²) in [5.41, 5.74) is 0.667. The maximum absolute atomic E-state index is 13.1. The van der Waals surface area contributed by atoms with Crippen LogP contribution in [0.4, 0.5) is 24.5 Å². The van der Waals surface area contributed by atoms with E-state index in [1.54, 1.807) is 24.3 Å². The lowest BCUT2D eigenvalue weighted by atomic mass is 9.86. The van der Waals surface area contributed by atoms with Crippen LogP contribution in [-0.4, -0.2) is 32.9 Å². The summed E-state index contributed by atoms with van der Waals surface area (Å²) in [6, 6.07) is 17.1. The van der Waals surface area contributed by atoms with Gasteiger partial charge in [0.05, 0.1) is 17.5 Å². The molecular formula is C27H27F3N2O4S. The number of amides is 1. The number of sulfonamides is 1. The van der Waals surface area contributed by atoms with E-state index in [9.17, 15) is 31.2 Å². The molecule has 3 rings (SSSR count). The van der Waals surface area contributed by atoms with Gasteiger partial charge in [0.2, 0.25) is 15.9 Å². The fourth-order valence-electron chi connectivity index (χ4n) is 3.59. The monoisotopic (exact) mass is 532 g/mol. The van der Waals surface area contributed by atoms with E-state index < -0.39 is 34.2 Å². The van der Waals surface area contributed by atoms with Gasteiger partial charge in [0.15, 0.2) is 5.78 Å². The Labute approximate surface area is 214 Å². The average molecular weight is 533 g/mol. The van der Waals surface area contributed by atoms with Crippen molar-refractivity contribution in [2.75, 3.05) is 22.4 Å². The van der Waals surface area contributed by atoms with Gasteiger partial charge in [-0.05, 0) is 41.3 Å². The fraction of sp³-hybridized carbons (Fsp3) is 0.259. The van der Waals surface area contributed by atoms with Gasteiger partial charge in [0, 0.05) is 16.8 Å². The molecule has 1 N–H and O–H groups in total. The van der Waals surface area contributed by atoms with E-state index in [2.05, 4.69) is 26.1 Å². The molecule has 0 spiro atoms. The van der Waals surface area contributed by atoms with Crippen LogP contribution in [-0.2, 0) is 26.4 Å². The lowest BCUT2D eigenvalue weighted by Crippen LogP contribution is -2.37. The van der Waals surface area contributed by atoms with Crippen molar-refractivity contribution in [2.45, 2.75) is 32.4 Å². The van der Waals surface area contributed by atoms with Crippen LogP contribution in [0.15, 0.2) is 72.8 Å². The molecule has 0 atom stereocenters. The Hall–Kier alpha value is -3.66. The molecule has 0 aliphatic rings. The van der Waals surface area contributed by atoms with Crippen molar-refractivity contribution in [3.05, 3.63) is 95.1 Å². The van der Waals surface area contributed by atoms with Crippen LogP contribution in [0.3, 0.4) is 0 Å². The summed E-state index contributed by atoms with van der Waals surface area (Å²) in [5.74, 6) is -1.06. The number of carbonyl (C=O) groups is 2. The van der Waals surface area contributed by atoms with Crippen LogP contribution in [0.2, 0.25) is 0 Å². The van der Waals surface area contributed by atoms with E-state index in [4.69, 9.17) is 0 Å². The first kappa shape index (κ1) is 27.9. The van der Waals surface area contributed by atoms with E-state index in [0.29, 0.717) is 21.5 Å². The lowest BCUT2D eigenvalue weighted by molar-refractivity contribution is -0.137. The van der Waals surface area contributed by atoms with Gasteiger partial charge >= 0.3 is 6.18 Å². The number of hydrogen-bond acceptors (Lipinski definition) is 4. The zero-order valence-electron chi connectivity index (χ0n) is 20.8. The number of alkyl halides is 3. The molecule has 10 heteroatoms. The number of nitrogens with one attached hydrogen (secondary N) is 1. The van der Waals surface area contributed by atoms with Crippen LogP contribution in [0.1, 0.15) is 47.8 Å². The molecule has 0 aliphatic heterocycles. The molecule has 196 valence electrons. The minimum absolute atomic E-state index is 0.0698. The van der Waals surface area contributed by atoms with Crippen molar-refractivity contribution in [3.63, 3.8) is 0 Å². The van der Waals surface area contributed by atoms with Crippen LogP contribution in [0.5, 0.6) is 0 Å². The molecule has 1 amide bonds. The molecule has 0 radical (unpaired) electrons. The zero-order valence-corrected chi connectivity index (χ0v) is 21.6. The largest absolute Gasteiger partial charge is 0.416 e. The highest BCUT2D eigenvalue weighted by Gasteiger charge is 2.32.